The summed E-state index contributed by atoms with van der Waals surface area (Å²) in [6.45, 7) is 1.15. The summed E-state index contributed by atoms with van der Waals surface area (Å²) in [6.07, 6.45) is 3.28. The van der Waals surface area contributed by atoms with E-state index in [4.69, 9.17) is 9.26 Å². The van der Waals surface area contributed by atoms with Crippen LogP contribution < -0.4 is 4.74 Å². The number of aromatic nitrogens is 2. The zero-order valence-corrected chi connectivity index (χ0v) is 19.8. The quantitative estimate of drug-likeness (QED) is 0.524. The maximum Gasteiger partial charge on any atom is 0.253 e. The average molecular weight is 489 g/mol. The fourth-order valence-electron chi connectivity index (χ4n) is 3.92. The predicted molar refractivity (Wildman–Crippen MR) is 122 cm³/mol. The highest BCUT2D eigenvalue weighted by atomic mass is 32.2. The first kappa shape index (κ1) is 22.1. The number of methoxy groups -OCH3 is 1. The molecule has 0 spiro atoms. The lowest BCUT2D eigenvalue weighted by molar-refractivity contribution is 0.0698. The lowest BCUT2D eigenvalue weighted by Gasteiger charge is -2.33. The Hall–Kier alpha value is -2.76. The van der Waals surface area contributed by atoms with Crippen LogP contribution in [0.1, 0.15) is 41.4 Å². The Morgan fingerprint density at radius 2 is 1.88 bits per heavy atom. The number of ether oxygens (including phenoxy) is 1. The fourth-order valence-corrected chi connectivity index (χ4v) is 6.65. The predicted octanol–water partition coefficient (Wildman–Crippen LogP) is 3.22. The minimum atomic E-state index is -3.66. The van der Waals surface area contributed by atoms with Crippen LogP contribution in [-0.2, 0) is 10.0 Å². The molecule has 1 aliphatic carbocycles. The molecule has 0 bridgehead atoms. The third kappa shape index (κ3) is 4.28. The van der Waals surface area contributed by atoms with Crippen LogP contribution in [0.4, 0.5) is 0 Å². The maximum atomic E-state index is 13.2. The number of nitrogens with zero attached hydrogens (tertiary/aromatic N) is 4. The van der Waals surface area contributed by atoms with Gasteiger partial charge in [-0.15, -0.1) is 11.3 Å². The Kier molecular flexibility index (Phi) is 5.94. The number of carbonyl (C=O) groups is 1. The minimum absolute atomic E-state index is 0.118. The summed E-state index contributed by atoms with van der Waals surface area (Å²) in [5, 5.41) is 5.77. The Balaban J connectivity index is 1.24. The van der Waals surface area contributed by atoms with E-state index in [0.717, 1.165) is 24.2 Å². The molecule has 0 unspecified atom stereocenters. The molecule has 1 aliphatic heterocycles. The standard InChI is InChI=1S/C22H24N4O5S2/c1-30-18-7-5-16(6-8-18)22(27)25-9-11-26(12-10-25)33(28,29)19-13-17(14-32-19)20-23-21(31-24-20)15-3-2-4-15/h5-8,13-15H,2-4,9-12H2,1H3. The van der Waals surface area contributed by atoms with Crippen molar-refractivity contribution in [1.29, 1.82) is 0 Å². The van der Waals surface area contributed by atoms with E-state index in [1.807, 2.05) is 0 Å². The van der Waals surface area contributed by atoms with Crippen LogP contribution in [0, 0.1) is 0 Å². The van der Waals surface area contributed by atoms with Gasteiger partial charge < -0.3 is 14.2 Å². The molecule has 3 aromatic rings. The molecule has 9 nitrogen and oxygen atoms in total. The van der Waals surface area contributed by atoms with Crippen LogP contribution >= 0.6 is 11.3 Å². The van der Waals surface area contributed by atoms with Gasteiger partial charge in [0.1, 0.15) is 9.96 Å². The van der Waals surface area contributed by atoms with Crippen molar-refractivity contribution in [3.05, 3.63) is 47.2 Å². The molecule has 1 aromatic carbocycles. The molecule has 0 atom stereocenters. The van der Waals surface area contributed by atoms with Crippen molar-refractivity contribution >= 4 is 27.3 Å². The lowest BCUT2D eigenvalue weighted by Crippen LogP contribution is -2.50. The number of benzene rings is 1. The molecular formula is C22H24N4O5S2. The van der Waals surface area contributed by atoms with E-state index in [2.05, 4.69) is 10.1 Å². The maximum absolute atomic E-state index is 13.2. The van der Waals surface area contributed by atoms with Gasteiger partial charge in [-0.1, -0.05) is 11.6 Å². The number of hydrogen-bond donors (Lipinski definition) is 0. The zero-order valence-electron chi connectivity index (χ0n) is 18.1. The molecule has 1 saturated carbocycles. The van der Waals surface area contributed by atoms with Crippen molar-refractivity contribution in [2.24, 2.45) is 0 Å². The molecule has 2 aromatic heterocycles. The van der Waals surface area contributed by atoms with Gasteiger partial charge in [0.05, 0.1) is 7.11 Å². The third-order valence-corrected chi connectivity index (χ3v) is 9.50. The van der Waals surface area contributed by atoms with E-state index in [-0.39, 0.29) is 23.2 Å². The van der Waals surface area contributed by atoms with Gasteiger partial charge in [-0.05, 0) is 43.2 Å². The molecule has 1 amide bonds. The normalized spacial score (nSPS) is 17.7. The number of amides is 1. The second kappa shape index (κ2) is 8.88. The molecule has 33 heavy (non-hydrogen) atoms. The Morgan fingerprint density at radius 1 is 1.15 bits per heavy atom. The van der Waals surface area contributed by atoms with E-state index in [1.165, 1.54) is 10.7 Å². The van der Waals surface area contributed by atoms with Gasteiger partial charge in [0.15, 0.2) is 0 Å². The van der Waals surface area contributed by atoms with E-state index in [0.29, 0.717) is 47.6 Å². The Bertz CT molecular complexity index is 1240. The van der Waals surface area contributed by atoms with Crippen molar-refractivity contribution in [2.45, 2.75) is 29.4 Å². The van der Waals surface area contributed by atoms with Crippen molar-refractivity contribution in [2.75, 3.05) is 33.3 Å². The number of sulfonamides is 1. The van der Waals surface area contributed by atoms with Gasteiger partial charge in [0.25, 0.3) is 15.9 Å². The summed E-state index contributed by atoms with van der Waals surface area (Å²) in [4.78, 5) is 18.9. The van der Waals surface area contributed by atoms with Gasteiger partial charge in [-0.2, -0.15) is 9.29 Å². The number of rotatable bonds is 6. The summed E-state index contributed by atoms with van der Waals surface area (Å²) in [5.41, 5.74) is 1.19. The molecule has 3 heterocycles. The fraction of sp³-hybridized carbons (Fsp3) is 0.409. The first-order chi connectivity index (χ1) is 16.0. The van der Waals surface area contributed by atoms with E-state index >= 15 is 0 Å². The lowest BCUT2D eigenvalue weighted by atomic mass is 9.85. The largest absolute Gasteiger partial charge is 0.497 e. The van der Waals surface area contributed by atoms with Crippen LogP contribution in [0.5, 0.6) is 5.75 Å². The van der Waals surface area contributed by atoms with Crippen LogP contribution in [0.25, 0.3) is 11.4 Å². The Labute approximate surface area is 196 Å². The second-order valence-electron chi connectivity index (χ2n) is 8.16. The molecule has 11 heteroatoms. The monoisotopic (exact) mass is 488 g/mol. The van der Waals surface area contributed by atoms with Crippen molar-refractivity contribution < 1.29 is 22.5 Å². The molecule has 5 rings (SSSR count). The van der Waals surface area contributed by atoms with E-state index in [9.17, 15) is 13.2 Å². The SMILES string of the molecule is COc1ccc(C(=O)N2CCN(S(=O)(=O)c3cc(-c4noc(C5CCC5)n4)cs3)CC2)cc1. The third-order valence-electron chi connectivity index (χ3n) is 6.19. The first-order valence-corrected chi connectivity index (χ1v) is 13.1. The number of piperazine rings is 1. The number of thiophene rings is 1. The topological polar surface area (TPSA) is 106 Å². The van der Waals surface area contributed by atoms with Gasteiger partial charge in [0, 0.05) is 48.6 Å². The Morgan fingerprint density at radius 3 is 2.52 bits per heavy atom. The molecule has 0 radical (unpaired) electrons. The van der Waals surface area contributed by atoms with Crippen molar-refractivity contribution in [3.63, 3.8) is 0 Å². The smallest absolute Gasteiger partial charge is 0.253 e. The van der Waals surface area contributed by atoms with Crippen LogP contribution in [0.2, 0.25) is 0 Å². The van der Waals surface area contributed by atoms with Gasteiger partial charge >= 0.3 is 0 Å². The summed E-state index contributed by atoms with van der Waals surface area (Å²) < 4.78 is 38.5. The molecule has 2 fully saturated rings. The molecule has 174 valence electrons. The number of carbonyl (C=O) groups excluding carboxylic acids is 1. The summed E-state index contributed by atoms with van der Waals surface area (Å²) in [5.74, 6) is 1.93. The summed E-state index contributed by atoms with van der Waals surface area (Å²) >= 11 is 1.15. The van der Waals surface area contributed by atoms with Gasteiger partial charge in [-0.3, -0.25) is 4.79 Å². The molecule has 2 aliphatic rings. The first-order valence-electron chi connectivity index (χ1n) is 10.8. The van der Waals surface area contributed by atoms with Gasteiger partial charge in [0.2, 0.25) is 11.7 Å². The van der Waals surface area contributed by atoms with Crippen molar-refractivity contribution in [3.8, 4) is 17.1 Å². The van der Waals surface area contributed by atoms with E-state index < -0.39 is 10.0 Å². The van der Waals surface area contributed by atoms with Crippen molar-refractivity contribution in [1.82, 2.24) is 19.3 Å². The summed E-state index contributed by atoms with van der Waals surface area (Å²) in [6, 6.07) is 8.50. The molecule has 0 N–H and O–H groups in total. The average Bonchev–Trinajstić information content (AvgIpc) is 3.48. The van der Waals surface area contributed by atoms with Crippen LogP contribution in [0.15, 0.2) is 44.4 Å². The van der Waals surface area contributed by atoms with Crippen LogP contribution in [0.3, 0.4) is 0 Å². The highest BCUT2D eigenvalue weighted by Gasteiger charge is 2.32. The van der Waals surface area contributed by atoms with Crippen LogP contribution in [-0.4, -0.2) is 67.0 Å². The second-order valence-corrected chi connectivity index (χ2v) is 11.2. The zero-order chi connectivity index (χ0) is 23.0. The molecule has 1 saturated heterocycles. The summed E-state index contributed by atoms with van der Waals surface area (Å²) in [7, 11) is -2.09. The minimum Gasteiger partial charge on any atom is -0.497 e. The van der Waals surface area contributed by atoms with E-state index in [1.54, 1.807) is 47.7 Å². The highest BCUT2D eigenvalue weighted by molar-refractivity contribution is 7.91. The van der Waals surface area contributed by atoms with Gasteiger partial charge in [-0.25, -0.2) is 8.42 Å². The highest BCUT2D eigenvalue weighted by Crippen LogP contribution is 2.37. The number of hydrogen-bond acceptors (Lipinski definition) is 8. The molecular weight excluding hydrogens is 464 g/mol.